The van der Waals surface area contributed by atoms with Crippen LogP contribution in [-0.2, 0) is 19.7 Å². The van der Waals surface area contributed by atoms with E-state index in [1.807, 2.05) is 0 Å². The number of carbonyl (C=O) groups is 1. The van der Waals surface area contributed by atoms with Crippen LogP contribution in [0, 0.1) is 5.82 Å². The molecule has 176 valence electrons. The Hall–Kier alpha value is -2.98. The Morgan fingerprint density at radius 3 is 2.61 bits per heavy atom. The fourth-order valence-electron chi connectivity index (χ4n) is 3.99. The number of carbonyl (C=O) groups excluding carboxylic acids is 1. The topological polar surface area (TPSA) is 91.3 Å². The van der Waals surface area contributed by atoms with Crippen molar-refractivity contribution in [2.24, 2.45) is 5.16 Å². The molecule has 0 spiro atoms. The molecule has 0 saturated carbocycles. The Morgan fingerprint density at radius 1 is 1.15 bits per heavy atom. The number of halogens is 1. The number of piperidine rings is 1. The number of anilines is 2. The highest BCUT2D eigenvalue weighted by Crippen LogP contribution is 2.31. The van der Waals surface area contributed by atoms with Crippen LogP contribution in [0.1, 0.15) is 31.2 Å². The predicted octanol–water partition coefficient (Wildman–Crippen LogP) is 3.20. The van der Waals surface area contributed by atoms with Crippen LogP contribution in [0.3, 0.4) is 0 Å². The molecule has 1 atom stereocenters. The molecule has 33 heavy (non-hydrogen) atoms. The van der Waals surface area contributed by atoms with Gasteiger partial charge >= 0.3 is 0 Å². The van der Waals surface area contributed by atoms with Gasteiger partial charge in [-0.05, 0) is 43.2 Å². The SMILES string of the molecule is CN(C)c1ccc(S(=O)(=O)N2CCCCC2)cc1NC(=O)C1CC(c2cccc(F)c2)=NO1. The first-order valence-electron chi connectivity index (χ1n) is 10.9. The lowest BCUT2D eigenvalue weighted by Gasteiger charge is -2.27. The molecule has 2 aromatic rings. The lowest BCUT2D eigenvalue weighted by atomic mass is 10.0. The van der Waals surface area contributed by atoms with Crippen LogP contribution in [0.25, 0.3) is 0 Å². The minimum absolute atomic E-state index is 0.134. The average Bonchev–Trinajstić information content (AvgIpc) is 3.30. The summed E-state index contributed by atoms with van der Waals surface area (Å²) in [7, 11) is -0.0434. The number of sulfonamides is 1. The number of nitrogens with zero attached hydrogens (tertiary/aromatic N) is 3. The second-order valence-corrected chi connectivity index (χ2v) is 10.3. The summed E-state index contributed by atoms with van der Waals surface area (Å²) in [6.07, 6.45) is 1.98. The molecule has 1 fully saturated rings. The molecule has 1 amide bonds. The fraction of sp³-hybridized carbons (Fsp3) is 0.391. The van der Waals surface area contributed by atoms with Crippen molar-refractivity contribution in [3.05, 3.63) is 53.8 Å². The summed E-state index contributed by atoms with van der Waals surface area (Å²) in [6, 6.07) is 10.7. The quantitative estimate of drug-likeness (QED) is 0.694. The van der Waals surface area contributed by atoms with Gasteiger partial charge in [0, 0.05) is 39.2 Å². The summed E-state index contributed by atoms with van der Waals surface area (Å²) >= 11 is 0. The first-order valence-corrected chi connectivity index (χ1v) is 12.3. The smallest absolute Gasteiger partial charge is 0.268 e. The largest absolute Gasteiger partial charge is 0.382 e. The van der Waals surface area contributed by atoms with E-state index in [-0.39, 0.29) is 11.3 Å². The van der Waals surface area contributed by atoms with Gasteiger partial charge in [0.25, 0.3) is 5.91 Å². The fourth-order valence-corrected chi connectivity index (χ4v) is 5.53. The molecule has 4 rings (SSSR count). The third-order valence-corrected chi connectivity index (χ3v) is 7.67. The van der Waals surface area contributed by atoms with Gasteiger partial charge in [-0.2, -0.15) is 4.31 Å². The number of amides is 1. The van der Waals surface area contributed by atoms with Crippen molar-refractivity contribution in [2.45, 2.75) is 36.7 Å². The van der Waals surface area contributed by atoms with Gasteiger partial charge in [-0.15, -0.1) is 0 Å². The summed E-state index contributed by atoms with van der Waals surface area (Å²) in [4.78, 5) is 20.2. The van der Waals surface area contributed by atoms with Crippen LogP contribution in [-0.4, -0.2) is 57.6 Å². The number of rotatable bonds is 6. The molecular formula is C23H27FN4O4S. The summed E-state index contributed by atoms with van der Waals surface area (Å²) in [5.41, 5.74) is 2.05. The zero-order valence-electron chi connectivity index (χ0n) is 18.6. The van der Waals surface area contributed by atoms with Crippen molar-refractivity contribution < 1.29 is 22.4 Å². The molecule has 8 nitrogen and oxygen atoms in total. The maximum Gasteiger partial charge on any atom is 0.268 e. The first-order chi connectivity index (χ1) is 15.8. The molecule has 10 heteroatoms. The lowest BCUT2D eigenvalue weighted by molar-refractivity contribution is -0.125. The zero-order chi connectivity index (χ0) is 23.6. The van der Waals surface area contributed by atoms with E-state index in [1.54, 1.807) is 43.3 Å². The van der Waals surface area contributed by atoms with Crippen molar-refractivity contribution in [3.8, 4) is 0 Å². The average molecular weight is 475 g/mol. The van der Waals surface area contributed by atoms with Gasteiger partial charge in [0.15, 0.2) is 0 Å². The highest BCUT2D eigenvalue weighted by Gasteiger charge is 2.31. The third-order valence-electron chi connectivity index (χ3n) is 5.78. The molecule has 0 aromatic heterocycles. The van der Waals surface area contributed by atoms with Gasteiger partial charge in [0.1, 0.15) is 5.82 Å². The Labute approximate surface area is 193 Å². The molecule has 2 aliphatic heterocycles. The van der Waals surface area contributed by atoms with Crippen LogP contribution in [0.15, 0.2) is 52.5 Å². The number of oxime groups is 1. The third kappa shape index (κ3) is 5.01. The van der Waals surface area contributed by atoms with Gasteiger partial charge in [0.2, 0.25) is 16.1 Å². The second kappa shape index (κ2) is 9.48. The van der Waals surface area contributed by atoms with Crippen LogP contribution >= 0.6 is 0 Å². The molecular weight excluding hydrogens is 447 g/mol. The van der Waals surface area contributed by atoms with E-state index in [9.17, 15) is 17.6 Å². The number of hydrogen-bond donors (Lipinski definition) is 1. The normalized spacial score (nSPS) is 19.0. The van der Waals surface area contributed by atoms with Crippen molar-refractivity contribution in [3.63, 3.8) is 0 Å². The minimum Gasteiger partial charge on any atom is -0.382 e. The second-order valence-electron chi connectivity index (χ2n) is 8.37. The van der Waals surface area contributed by atoms with Gasteiger partial charge in [-0.25, -0.2) is 12.8 Å². The van der Waals surface area contributed by atoms with Crippen molar-refractivity contribution in [2.75, 3.05) is 37.4 Å². The van der Waals surface area contributed by atoms with Crippen molar-refractivity contribution in [1.29, 1.82) is 0 Å². The van der Waals surface area contributed by atoms with E-state index in [1.165, 1.54) is 22.5 Å². The van der Waals surface area contributed by atoms with E-state index in [0.29, 0.717) is 35.7 Å². The molecule has 1 saturated heterocycles. The van der Waals surface area contributed by atoms with E-state index >= 15 is 0 Å². The van der Waals surface area contributed by atoms with E-state index in [4.69, 9.17) is 4.84 Å². The van der Waals surface area contributed by atoms with Gasteiger partial charge < -0.3 is 15.1 Å². The van der Waals surface area contributed by atoms with Crippen molar-refractivity contribution >= 4 is 33.0 Å². The van der Waals surface area contributed by atoms with E-state index in [2.05, 4.69) is 10.5 Å². The van der Waals surface area contributed by atoms with Gasteiger partial charge in [0.05, 0.1) is 22.0 Å². The minimum atomic E-state index is -3.66. The Kier molecular flexibility index (Phi) is 6.66. The lowest BCUT2D eigenvalue weighted by Crippen LogP contribution is -2.35. The molecule has 0 radical (unpaired) electrons. The van der Waals surface area contributed by atoms with Gasteiger partial charge in [-0.3, -0.25) is 4.79 Å². The monoisotopic (exact) mass is 474 g/mol. The van der Waals surface area contributed by atoms with Crippen LogP contribution < -0.4 is 10.2 Å². The van der Waals surface area contributed by atoms with Crippen molar-refractivity contribution in [1.82, 2.24) is 4.31 Å². The number of benzene rings is 2. The molecule has 1 unspecified atom stereocenters. The van der Waals surface area contributed by atoms with Gasteiger partial charge in [-0.1, -0.05) is 23.7 Å². The summed E-state index contributed by atoms with van der Waals surface area (Å²) in [6.45, 7) is 0.991. The van der Waals surface area contributed by atoms with E-state index < -0.39 is 27.9 Å². The summed E-state index contributed by atoms with van der Waals surface area (Å²) in [5, 5.41) is 6.74. The van der Waals surface area contributed by atoms with Crippen LogP contribution in [0.2, 0.25) is 0 Å². The summed E-state index contributed by atoms with van der Waals surface area (Å²) in [5.74, 6) is -0.855. The maximum atomic E-state index is 13.5. The van der Waals surface area contributed by atoms with E-state index in [0.717, 1.165) is 19.3 Å². The standard InChI is InChI=1S/C23H27FN4O4S/c1-27(2)21-10-9-18(33(30,31)28-11-4-3-5-12-28)14-20(21)25-23(29)22-15-19(26-32-22)16-7-6-8-17(24)13-16/h6-10,13-14,22H,3-5,11-12,15H2,1-2H3,(H,25,29). The number of hydrogen-bond acceptors (Lipinski definition) is 6. The first kappa shape index (κ1) is 23.2. The molecule has 0 aliphatic carbocycles. The summed E-state index contributed by atoms with van der Waals surface area (Å²) < 4.78 is 41.2. The predicted molar refractivity (Wildman–Crippen MR) is 124 cm³/mol. The zero-order valence-corrected chi connectivity index (χ0v) is 19.4. The number of nitrogens with one attached hydrogen (secondary N) is 1. The Bertz CT molecular complexity index is 1180. The molecule has 2 heterocycles. The highest BCUT2D eigenvalue weighted by atomic mass is 32.2. The molecule has 1 N–H and O–H groups in total. The maximum absolute atomic E-state index is 13.5. The Balaban J connectivity index is 1.53. The molecule has 2 aromatic carbocycles. The van der Waals surface area contributed by atoms with Crippen LogP contribution in [0.5, 0.6) is 0 Å². The molecule has 0 bridgehead atoms. The molecule has 2 aliphatic rings. The highest BCUT2D eigenvalue weighted by molar-refractivity contribution is 7.89. The Morgan fingerprint density at radius 2 is 1.91 bits per heavy atom. The van der Waals surface area contributed by atoms with Crippen LogP contribution in [0.4, 0.5) is 15.8 Å².